The van der Waals surface area contributed by atoms with Crippen molar-refractivity contribution < 1.29 is 14.3 Å². The van der Waals surface area contributed by atoms with Crippen LogP contribution in [0.15, 0.2) is 36.4 Å². The fourth-order valence-corrected chi connectivity index (χ4v) is 3.81. The monoisotopic (exact) mass is 487 g/mol. The summed E-state index contributed by atoms with van der Waals surface area (Å²) in [6.45, 7) is 4.52. The highest BCUT2D eigenvalue weighted by Crippen LogP contribution is 2.30. The van der Waals surface area contributed by atoms with Crippen LogP contribution in [0.5, 0.6) is 5.75 Å². The number of amides is 1. The van der Waals surface area contributed by atoms with E-state index >= 15 is 0 Å². The molecule has 1 aliphatic rings. The molecule has 1 heterocycles. The third kappa shape index (κ3) is 6.12. The van der Waals surface area contributed by atoms with Gasteiger partial charge in [-0.2, -0.15) is 0 Å². The van der Waals surface area contributed by atoms with E-state index in [4.69, 9.17) is 56.5 Å². The highest BCUT2D eigenvalue weighted by molar-refractivity contribution is 7.80. The normalized spacial score (nSPS) is 14.7. The first kappa shape index (κ1) is 22.9. The first-order valence-electron chi connectivity index (χ1n) is 9.19. The molecular formula is C20H20Cl3N3O3S. The fourth-order valence-electron chi connectivity index (χ4n) is 2.84. The van der Waals surface area contributed by atoms with E-state index in [1.54, 1.807) is 31.2 Å². The second-order valence-electron chi connectivity index (χ2n) is 6.54. The van der Waals surface area contributed by atoms with Gasteiger partial charge in [0.2, 0.25) is 0 Å². The molecule has 1 saturated heterocycles. The van der Waals surface area contributed by atoms with Crippen molar-refractivity contribution in [1.29, 1.82) is 0 Å². The maximum absolute atomic E-state index is 12.4. The summed E-state index contributed by atoms with van der Waals surface area (Å²) < 4.78 is 11.0. The van der Waals surface area contributed by atoms with Crippen molar-refractivity contribution in [3.63, 3.8) is 0 Å². The van der Waals surface area contributed by atoms with Gasteiger partial charge in [0.1, 0.15) is 5.75 Å². The predicted molar refractivity (Wildman–Crippen MR) is 125 cm³/mol. The van der Waals surface area contributed by atoms with E-state index in [1.807, 2.05) is 12.1 Å². The van der Waals surface area contributed by atoms with Crippen LogP contribution >= 0.6 is 47.0 Å². The molecule has 0 aromatic heterocycles. The van der Waals surface area contributed by atoms with Gasteiger partial charge in [0.05, 0.1) is 28.9 Å². The Morgan fingerprint density at radius 2 is 1.87 bits per heavy atom. The minimum absolute atomic E-state index is 0.132. The minimum atomic E-state index is -0.823. The summed E-state index contributed by atoms with van der Waals surface area (Å²) in [5.74, 6) is -0.0670. The van der Waals surface area contributed by atoms with E-state index in [2.05, 4.69) is 15.5 Å². The van der Waals surface area contributed by atoms with Crippen LogP contribution in [-0.2, 0) is 9.53 Å². The van der Waals surface area contributed by atoms with E-state index in [9.17, 15) is 4.79 Å². The lowest BCUT2D eigenvalue weighted by molar-refractivity contribution is -0.125. The van der Waals surface area contributed by atoms with E-state index < -0.39 is 12.0 Å². The molecule has 1 fully saturated rings. The van der Waals surface area contributed by atoms with Crippen LogP contribution in [0.1, 0.15) is 6.92 Å². The molecule has 0 aliphatic carbocycles. The van der Waals surface area contributed by atoms with Crippen LogP contribution < -0.4 is 20.3 Å². The second-order valence-corrected chi connectivity index (χ2v) is 8.20. The number of carbonyl (C=O) groups excluding carboxylic acids is 1. The number of morpholine rings is 1. The van der Waals surface area contributed by atoms with E-state index in [-0.39, 0.29) is 5.11 Å². The number of thiocarbonyl (C=S) groups is 1. The number of nitrogens with zero attached hydrogens (tertiary/aromatic N) is 1. The summed E-state index contributed by atoms with van der Waals surface area (Å²) in [6.07, 6.45) is -0.823. The van der Waals surface area contributed by atoms with Crippen molar-refractivity contribution in [1.82, 2.24) is 5.32 Å². The fraction of sp³-hybridized carbons (Fsp3) is 0.300. The lowest BCUT2D eigenvalue weighted by Gasteiger charge is -2.29. The number of nitrogens with one attached hydrogen (secondary N) is 2. The van der Waals surface area contributed by atoms with Gasteiger partial charge in [-0.05, 0) is 55.5 Å². The van der Waals surface area contributed by atoms with Crippen molar-refractivity contribution in [3.8, 4) is 5.75 Å². The first-order chi connectivity index (χ1) is 14.3. The number of hydrogen-bond donors (Lipinski definition) is 2. The van der Waals surface area contributed by atoms with Crippen molar-refractivity contribution in [2.75, 3.05) is 36.5 Å². The number of halogens is 3. The number of anilines is 2. The lowest BCUT2D eigenvalue weighted by Crippen LogP contribution is -2.42. The van der Waals surface area contributed by atoms with Gasteiger partial charge in [0.25, 0.3) is 5.91 Å². The smallest absolute Gasteiger partial charge is 0.266 e. The van der Waals surface area contributed by atoms with Crippen LogP contribution in [-0.4, -0.2) is 43.4 Å². The first-order valence-corrected chi connectivity index (χ1v) is 10.7. The summed E-state index contributed by atoms with van der Waals surface area (Å²) in [5, 5.41) is 7.07. The largest absolute Gasteiger partial charge is 0.479 e. The zero-order valence-corrected chi connectivity index (χ0v) is 19.2. The topological polar surface area (TPSA) is 62.8 Å². The summed E-state index contributed by atoms with van der Waals surface area (Å²) in [5.41, 5.74) is 1.60. The Labute approximate surface area is 195 Å². The van der Waals surface area contributed by atoms with Crippen LogP contribution in [0.25, 0.3) is 0 Å². The summed E-state index contributed by atoms with van der Waals surface area (Å²) in [4.78, 5) is 14.5. The van der Waals surface area contributed by atoms with Gasteiger partial charge in [-0.25, -0.2) is 0 Å². The molecule has 0 saturated carbocycles. The average molecular weight is 489 g/mol. The molecule has 30 heavy (non-hydrogen) atoms. The van der Waals surface area contributed by atoms with Gasteiger partial charge in [-0.3, -0.25) is 10.1 Å². The summed E-state index contributed by atoms with van der Waals surface area (Å²) >= 11 is 23.6. The van der Waals surface area contributed by atoms with Gasteiger partial charge in [-0.15, -0.1) is 0 Å². The molecule has 160 valence electrons. The van der Waals surface area contributed by atoms with Crippen molar-refractivity contribution in [2.45, 2.75) is 13.0 Å². The number of benzene rings is 2. The molecule has 2 aromatic rings. The Kier molecular flexibility index (Phi) is 8.02. The highest BCUT2D eigenvalue weighted by Gasteiger charge is 2.18. The zero-order chi connectivity index (χ0) is 21.7. The molecule has 3 rings (SSSR count). The van der Waals surface area contributed by atoms with E-state index in [0.717, 1.165) is 18.8 Å². The third-order valence-electron chi connectivity index (χ3n) is 4.36. The van der Waals surface area contributed by atoms with Crippen molar-refractivity contribution in [3.05, 3.63) is 51.5 Å². The molecule has 0 bridgehead atoms. The third-order valence-corrected chi connectivity index (χ3v) is 5.40. The second kappa shape index (κ2) is 10.5. The van der Waals surface area contributed by atoms with Gasteiger partial charge >= 0.3 is 0 Å². The Balaban J connectivity index is 1.55. The predicted octanol–water partition coefficient (Wildman–Crippen LogP) is 4.76. The maximum atomic E-state index is 12.4. The summed E-state index contributed by atoms with van der Waals surface area (Å²) in [6, 6.07) is 10.3. The van der Waals surface area contributed by atoms with E-state index in [1.165, 1.54) is 0 Å². The quantitative estimate of drug-likeness (QED) is 0.592. The Bertz CT molecular complexity index is 939. The molecular weight excluding hydrogens is 469 g/mol. The average Bonchev–Trinajstić information content (AvgIpc) is 2.70. The Morgan fingerprint density at radius 3 is 2.53 bits per heavy atom. The molecule has 1 amide bonds. The number of ether oxygens (including phenoxy) is 2. The number of hydrogen-bond acceptors (Lipinski definition) is 5. The standard InChI is InChI=1S/C20H20Cl3N3O3S/c1-12(29-18-5-2-13(21)10-16(18)23)19(27)25-20(30)24-14-3-4-17(15(22)11-14)26-6-8-28-9-7-26/h2-5,10-12H,6-9H2,1H3,(H2,24,25,27,30)/t12-/m1/s1. The SMILES string of the molecule is C[C@@H](Oc1ccc(Cl)cc1Cl)C(=O)NC(=S)Nc1ccc(N2CCOCC2)c(Cl)c1. The zero-order valence-electron chi connectivity index (χ0n) is 16.1. The molecule has 1 atom stereocenters. The molecule has 2 N–H and O–H groups in total. The lowest BCUT2D eigenvalue weighted by atomic mass is 10.2. The molecule has 0 unspecified atom stereocenters. The molecule has 1 aliphatic heterocycles. The molecule has 0 radical (unpaired) electrons. The van der Waals surface area contributed by atoms with E-state index in [0.29, 0.717) is 39.7 Å². The molecule has 2 aromatic carbocycles. The number of rotatable bonds is 5. The van der Waals surface area contributed by atoms with Crippen LogP contribution in [0, 0.1) is 0 Å². The molecule has 6 nitrogen and oxygen atoms in total. The Morgan fingerprint density at radius 1 is 1.13 bits per heavy atom. The van der Waals surface area contributed by atoms with Gasteiger partial charge < -0.3 is 19.7 Å². The van der Waals surface area contributed by atoms with Crippen LogP contribution in [0.4, 0.5) is 11.4 Å². The van der Waals surface area contributed by atoms with Crippen LogP contribution in [0.2, 0.25) is 15.1 Å². The molecule has 10 heteroatoms. The minimum Gasteiger partial charge on any atom is -0.479 e. The van der Waals surface area contributed by atoms with Crippen LogP contribution in [0.3, 0.4) is 0 Å². The molecule has 0 spiro atoms. The van der Waals surface area contributed by atoms with Crippen molar-refractivity contribution >= 4 is 69.4 Å². The van der Waals surface area contributed by atoms with Crippen molar-refractivity contribution in [2.24, 2.45) is 0 Å². The number of carbonyl (C=O) groups is 1. The van der Waals surface area contributed by atoms with Gasteiger partial charge in [0.15, 0.2) is 11.2 Å². The van der Waals surface area contributed by atoms with Gasteiger partial charge in [0, 0.05) is 23.8 Å². The Hall–Kier alpha value is -1.77. The summed E-state index contributed by atoms with van der Waals surface area (Å²) in [7, 11) is 0. The highest BCUT2D eigenvalue weighted by atomic mass is 35.5. The van der Waals surface area contributed by atoms with Gasteiger partial charge in [-0.1, -0.05) is 34.8 Å². The maximum Gasteiger partial charge on any atom is 0.266 e.